The van der Waals surface area contributed by atoms with Crippen molar-refractivity contribution in [3.63, 3.8) is 0 Å². The van der Waals surface area contributed by atoms with Gasteiger partial charge in [-0.3, -0.25) is 0 Å². The number of nitrogens with zero attached hydrogens (tertiary/aromatic N) is 3. The van der Waals surface area contributed by atoms with Gasteiger partial charge in [0, 0.05) is 11.5 Å². The smallest absolute Gasteiger partial charge is 0.141 e. The summed E-state index contributed by atoms with van der Waals surface area (Å²) in [5.41, 5.74) is 1.74. The van der Waals surface area contributed by atoms with Crippen LogP contribution in [0.3, 0.4) is 0 Å². The summed E-state index contributed by atoms with van der Waals surface area (Å²) in [5, 5.41) is 8.65. The Morgan fingerprint density at radius 2 is 2.25 bits per heavy atom. The van der Waals surface area contributed by atoms with Gasteiger partial charge in [-0.1, -0.05) is 38.8 Å². The molecule has 3 nitrogen and oxygen atoms in total. The first-order valence-corrected chi connectivity index (χ1v) is 6.08. The molecule has 84 valence electrons. The van der Waals surface area contributed by atoms with E-state index in [0.29, 0.717) is 11.9 Å². The lowest BCUT2D eigenvalue weighted by Gasteiger charge is -2.01. The topological polar surface area (TPSA) is 30.7 Å². The maximum absolute atomic E-state index is 12.9. The Morgan fingerprint density at radius 3 is 2.88 bits per heavy atom. The van der Waals surface area contributed by atoms with Crippen molar-refractivity contribution in [2.45, 2.75) is 11.9 Å². The normalized spacial score (nSPS) is 10.7. The molecular formula is C10H8BrClFN3. The quantitative estimate of drug-likeness (QED) is 0.816. The molecule has 0 saturated carbocycles. The summed E-state index contributed by atoms with van der Waals surface area (Å²) in [6.45, 7) is 0.528. The van der Waals surface area contributed by atoms with Crippen LogP contribution in [0.25, 0.3) is 0 Å². The third-order valence-electron chi connectivity index (χ3n) is 2.05. The molecule has 1 heterocycles. The van der Waals surface area contributed by atoms with E-state index in [1.807, 2.05) is 6.20 Å². The Balaban J connectivity index is 2.17. The minimum atomic E-state index is -0.412. The zero-order valence-electron chi connectivity index (χ0n) is 8.20. The van der Waals surface area contributed by atoms with Crippen LogP contribution >= 0.6 is 27.5 Å². The Kier molecular flexibility index (Phi) is 3.56. The Morgan fingerprint density at radius 1 is 1.44 bits per heavy atom. The molecule has 0 aliphatic rings. The van der Waals surface area contributed by atoms with Crippen molar-refractivity contribution in [2.75, 3.05) is 0 Å². The van der Waals surface area contributed by atoms with Crippen molar-refractivity contribution in [3.05, 3.63) is 46.5 Å². The van der Waals surface area contributed by atoms with Crippen LogP contribution in [0.15, 0.2) is 24.4 Å². The third kappa shape index (κ3) is 2.59. The maximum Gasteiger partial charge on any atom is 0.141 e. The van der Waals surface area contributed by atoms with Crippen LogP contribution in [0.4, 0.5) is 4.39 Å². The average molecular weight is 305 g/mol. The van der Waals surface area contributed by atoms with Gasteiger partial charge in [-0.05, 0) is 17.7 Å². The Labute approximate surface area is 105 Å². The monoisotopic (exact) mass is 303 g/mol. The van der Waals surface area contributed by atoms with Crippen LogP contribution in [0, 0.1) is 5.82 Å². The second-order valence-electron chi connectivity index (χ2n) is 3.29. The highest BCUT2D eigenvalue weighted by Gasteiger charge is 2.03. The van der Waals surface area contributed by atoms with Crippen molar-refractivity contribution < 1.29 is 4.39 Å². The maximum atomic E-state index is 12.9. The highest BCUT2D eigenvalue weighted by molar-refractivity contribution is 9.08. The van der Waals surface area contributed by atoms with Gasteiger partial charge in [-0.2, -0.15) is 0 Å². The molecule has 6 heteroatoms. The lowest BCUT2D eigenvalue weighted by molar-refractivity contribution is 0.622. The van der Waals surface area contributed by atoms with Gasteiger partial charge in [0.25, 0.3) is 0 Å². The van der Waals surface area contributed by atoms with Crippen LogP contribution < -0.4 is 0 Å². The molecule has 0 atom stereocenters. The van der Waals surface area contributed by atoms with E-state index in [-0.39, 0.29) is 5.02 Å². The second-order valence-corrected chi connectivity index (χ2v) is 4.26. The van der Waals surface area contributed by atoms with Crippen LogP contribution in [-0.2, 0) is 11.9 Å². The fourth-order valence-corrected chi connectivity index (χ4v) is 1.76. The minimum Gasteiger partial charge on any atom is -0.248 e. The first-order valence-electron chi connectivity index (χ1n) is 4.58. The molecule has 0 fully saturated rings. The van der Waals surface area contributed by atoms with Gasteiger partial charge in [0.05, 0.1) is 17.3 Å². The third-order valence-corrected chi connectivity index (χ3v) is 2.92. The van der Waals surface area contributed by atoms with Crippen LogP contribution in [0.2, 0.25) is 5.02 Å². The van der Waals surface area contributed by atoms with Gasteiger partial charge in [-0.15, -0.1) is 5.10 Å². The first kappa shape index (κ1) is 11.5. The number of halogens is 3. The van der Waals surface area contributed by atoms with Gasteiger partial charge in [0.1, 0.15) is 5.82 Å². The van der Waals surface area contributed by atoms with Crippen LogP contribution in [0.1, 0.15) is 11.3 Å². The van der Waals surface area contributed by atoms with Gasteiger partial charge in [0.15, 0.2) is 0 Å². The number of hydrogen-bond donors (Lipinski definition) is 0. The molecular weight excluding hydrogens is 296 g/mol. The molecule has 0 amide bonds. The molecule has 1 aromatic carbocycles. The summed E-state index contributed by atoms with van der Waals surface area (Å²) in [5.74, 6) is -0.412. The number of benzene rings is 1. The Bertz CT molecular complexity index is 501. The number of aromatic nitrogens is 3. The van der Waals surface area contributed by atoms with Crippen molar-refractivity contribution in [1.82, 2.24) is 15.0 Å². The molecule has 1 aromatic heterocycles. The molecule has 0 radical (unpaired) electrons. The van der Waals surface area contributed by atoms with E-state index in [1.54, 1.807) is 16.8 Å². The van der Waals surface area contributed by atoms with Crippen molar-refractivity contribution >= 4 is 27.5 Å². The van der Waals surface area contributed by atoms with E-state index >= 15 is 0 Å². The first-order chi connectivity index (χ1) is 7.69. The summed E-state index contributed by atoms with van der Waals surface area (Å²) >= 11 is 8.98. The molecule has 0 spiro atoms. The summed E-state index contributed by atoms with van der Waals surface area (Å²) in [6.07, 6.45) is 1.83. The predicted molar refractivity (Wildman–Crippen MR) is 63.2 cm³/mol. The molecule has 0 aliphatic heterocycles. The fraction of sp³-hybridized carbons (Fsp3) is 0.200. The van der Waals surface area contributed by atoms with Crippen molar-refractivity contribution in [3.8, 4) is 0 Å². The standard InChI is InChI=1S/C10H8BrClFN3/c11-4-8-6-16(15-14-8)5-7-1-2-10(13)9(12)3-7/h1-3,6H,4-5H2. The predicted octanol–water partition coefficient (Wildman–Crippen LogP) is 3.01. The molecule has 2 aromatic rings. The molecule has 0 aliphatic carbocycles. The zero-order valence-corrected chi connectivity index (χ0v) is 10.5. The highest BCUT2D eigenvalue weighted by atomic mass is 79.9. The summed E-state index contributed by atoms with van der Waals surface area (Å²) in [7, 11) is 0. The molecule has 16 heavy (non-hydrogen) atoms. The van der Waals surface area contributed by atoms with E-state index < -0.39 is 5.82 Å². The van der Waals surface area contributed by atoms with Crippen LogP contribution in [-0.4, -0.2) is 15.0 Å². The lowest BCUT2D eigenvalue weighted by Crippen LogP contribution is -2.00. The van der Waals surface area contributed by atoms with E-state index in [0.717, 1.165) is 11.3 Å². The molecule has 0 unspecified atom stereocenters. The zero-order chi connectivity index (χ0) is 11.5. The lowest BCUT2D eigenvalue weighted by atomic mass is 10.2. The summed E-state index contributed by atoms with van der Waals surface area (Å²) in [4.78, 5) is 0. The number of hydrogen-bond acceptors (Lipinski definition) is 2. The molecule has 0 bridgehead atoms. The van der Waals surface area contributed by atoms with Crippen molar-refractivity contribution in [1.29, 1.82) is 0 Å². The highest BCUT2D eigenvalue weighted by Crippen LogP contribution is 2.16. The average Bonchev–Trinajstić information content (AvgIpc) is 2.71. The molecule has 2 rings (SSSR count). The number of rotatable bonds is 3. The van der Waals surface area contributed by atoms with E-state index in [1.165, 1.54) is 6.07 Å². The van der Waals surface area contributed by atoms with E-state index in [2.05, 4.69) is 26.2 Å². The molecule has 0 N–H and O–H groups in total. The van der Waals surface area contributed by atoms with Crippen molar-refractivity contribution in [2.24, 2.45) is 0 Å². The van der Waals surface area contributed by atoms with Gasteiger partial charge in [-0.25, -0.2) is 9.07 Å². The van der Waals surface area contributed by atoms with E-state index in [4.69, 9.17) is 11.6 Å². The SMILES string of the molecule is Fc1ccc(Cn2cc(CBr)nn2)cc1Cl. The minimum absolute atomic E-state index is 0.123. The summed E-state index contributed by atoms with van der Waals surface area (Å²) in [6, 6.07) is 4.61. The molecule has 0 saturated heterocycles. The van der Waals surface area contributed by atoms with Gasteiger partial charge in [0.2, 0.25) is 0 Å². The van der Waals surface area contributed by atoms with Gasteiger partial charge < -0.3 is 0 Å². The number of alkyl halides is 1. The van der Waals surface area contributed by atoms with Crippen LogP contribution in [0.5, 0.6) is 0 Å². The van der Waals surface area contributed by atoms with E-state index in [9.17, 15) is 4.39 Å². The second kappa shape index (κ2) is 4.93. The largest absolute Gasteiger partial charge is 0.248 e. The Hall–Kier alpha value is -0.940. The fourth-order valence-electron chi connectivity index (χ4n) is 1.30. The summed E-state index contributed by atoms with van der Waals surface area (Å²) < 4.78 is 14.6. The van der Waals surface area contributed by atoms with Gasteiger partial charge >= 0.3 is 0 Å².